The molecule has 0 spiro atoms. The van der Waals surface area contributed by atoms with Crippen LogP contribution in [0.25, 0.3) is 82.2 Å². The zero-order chi connectivity index (χ0) is 31.9. The third-order valence-corrected chi connectivity index (χ3v) is 9.14. The van der Waals surface area contributed by atoms with Gasteiger partial charge in [-0.05, 0) is 96.2 Å². The largest absolute Gasteiger partial charge is 0.519 e. The number of aryl methyl sites for hydroxylation is 1. The summed E-state index contributed by atoms with van der Waals surface area (Å²) in [4.78, 5) is 12.9. The minimum atomic E-state index is -0.839. The molecule has 0 unspecified atom stereocenters. The minimum absolute atomic E-state index is 0.323. The molecule has 10 aromatic rings. The second-order valence-corrected chi connectivity index (χ2v) is 12.1. The number of aromatic nitrogens is 2. The van der Waals surface area contributed by atoms with Crippen LogP contribution in [0.15, 0.2) is 136 Å². The predicted molar refractivity (Wildman–Crippen MR) is 188 cm³/mol. The summed E-state index contributed by atoms with van der Waals surface area (Å²) in [6, 6.07) is 39.6. The van der Waals surface area contributed by atoms with Gasteiger partial charge in [-0.3, -0.25) is 0 Å². The monoisotopic (exact) mass is 624 g/mol. The smallest absolute Gasteiger partial charge is 0.456 e. The summed E-state index contributed by atoms with van der Waals surface area (Å²) in [7, 11) is 0. The molecule has 0 radical (unpaired) electrons. The summed E-state index contributed by atoms with van der Waals surface area (Å²) in [6.07, 6.45) is 0.943. The highest BCUT2D eigenvalue weighted by Gasteiger charge is 2.16. The molecular formula is C41H24N2O5. The van der Waals surface area contributed by atoms with E-state index < -0.39 is 6.16 Å². The van der Waals surface area contributed by atoms with Crippen molar-refractivity contribution in [1.82, 2.24) is 9.61 Å². The lowest BCUT2D eigenvalue weighted by molar-refractivity contribution is 0.152. The molecule has 0 bridgehead atoms. The zero-order valence-electron chi connectivity index (χ0n) is 25.6. The average Bonchev–Trinajstić information content (AvgIpc) is 3.83. The van der Waals surface area contributed by atoms with Crippen molar-refractivity contribution in [2.45, 2.75) is 6.92 Å². The second-order valence-electron chi connectivity index (χ2n) is 12.1. The van der Waals surface area contributed by atoms with Gasteiger partial charge in [0.1, 0.15) is 33.8 Å². The molecule has 7 heteroatoms. The molecular weight excluding hydrogens is 600 g/mol. The Kier molecular flexibility index (Phi) is 5.51. The van der Waals surface area contributed by atoms with Crippen LogP contribution >= 0.6 is 0 Å². The maximum atomic E-state index is 12.9. The number of nitrogens with zero attached hydrogens (tertiary/aromatic N) is 2. The van der Waals surface area contributed by atoms with Crippen molar-refractivity contribution in [2.24, 2.45) is 0 Å². The zero-order valence-corrected chi connectivity index (χ0v) is 25.6. The van der Waals surface area contributed by atoms with Gasteiger partial charge in [-0.1, -0.05) is 48.0 Å². The molecule has 4 heterocycles. The highest BCUT2D eigenvalue weighted by Crippen LogP contribution is 2.37. The molecule has 0 N–H and O–H groups in total. The summed E-state index contributed by atoms with van der Waals surface area (Å²) in [6.45, 7) is 2.09. The van der Waals surface area contributed by atoms with Crippen LogP contribution < -0.4 is 9.47 Å². The quantitative estimate of drug-likeness (QED) is 0.111. The maximum Gasteiger partial charge on any atom is 0.519 e. The van der Waals surface area contributed by atoms with Crippen molar-refractivity contribution >= 4 is 77.2 Å². The van der Waals surface area contributed by atoms with Gasteiger partial charge in [0, 0.05) is 38.4 Å². The standard InChI is InChI=1S/C41H24N2O5/c1-23-6-13-37-32(18-23)34-20-25(8-15-39(34)47-37)24-7-14-38-33(19-24)30-11-9-27(22-40(30)48-38)46-41(44)45-26-10-12-35-31(21-26)28-4-2-3-5-29(28)36-16-17-42-43(35)36/h2-22H,1H3. The Hall–Kier alpha value is -6.60. The Bertz CT molecular complexity index is 2950. The van der Waals surface area contributed by atoms with E-state index in [1.54, 1.807) is 24.4 Å². The van der Waals surface area contributed by atoms with Gasteiger partial charge in [0.2, 0.25) is 0 Å². The molecule has 0 aliphatic rings. The first kappa shape index (κ1) is 26.6. The summed E-state index contributed by atoms with van der Waals surface area (Å²) in [5.41, 5.74) is 8.38. The Morgan fingerprint density at radius 3 is 1.96 bits per heavy atom. The first-order valence-electron chi connectivity index (χ1n) is 15.6. The van der Waals surface area contributed by atoms with Crippen LogP contribution in [-0.2, 0) is 0 Å². The lowest BCUT2D eigenvalue weighted by atomic mass is 10.0. The molecule has 10 rings (SSSR count). The van der Waals surface area contributed by atoms with Crippen LogP contribution in [0.4, 0.5) is 4.79 Å². The molecule has 228 valence electrons. The number of fused-ring (bicyclic) bond motifs is 12. The van der Waals surface area contributed by atoms with Crippen molar-refractivity contribution in [1.29, 1.82) is 0 Å². The second kappa shape index (κ2) is 9.95. The van der Waals surface area contributed by atoms with Gasteiger partial charge in [0.05, 0.1) is 17.2 Å². The molecule has 0 saturated heterocycles. The van der Waals surface area contributed by atoms with E-state index in [1.807, 2.05) is 59.1 Å². The van der Waals surface area contributed by atoms with Gasteiger partial charge in [0.15, 0.2) is 0 Å². The molecule has 0 aliphatic heterocycles. The summed E-state index contributed by atoms with van der Waals surface area (Å²) in [5.74, 6) is 0.696. The first-order valence-corrected chi connectivity index (χ1v) is 15.6. The molecule has 0 atom stereocenters. The molecule has 4 aromatic heterocycles. The van der Waals surface area contributed by atoms with Crippen LogP contribution in [0, 0.1) is 6.92 Å². The number of ether oxygens (including phenoxy) is 2. The van der Waals surface area contributed by atoms with Gasteiger partial charge < -0.3 is 18.3 Å². The number of benzene rings is 6. The van der Waals surface area contributed by atoms with E-state index in [4.69, 9.17) is 18.3 Å². The van der Waals surface area contributed by atoms with Gasteiger partial charge in [-0.15, -0.1) is 0 Å². The number of rotatable bonds is 3. The molecule has 7 nitrogen and oxygen atoms in total. The van der Waals surface area contributed by atoms with Crippen LogP contribution in [-0.4, -0.2) is 15.8 Å². The lowest BCUT2D eigenvalue weighted by Gasteiger charge is -2.10. The van der Waals surface area contributed by atoms with Gasteiger partial charge >= 0.3 is 6.16 Å². The number of carbonyl (C=O) groups excluding carboxylic acids is 1. The summed E-state index contributed by atoms with van der Waals surface area (Å²) < 4.78 is 25.4. The molecule has 0 saturated carbocycles. The number of carbonyl (C=O) groups is 1. The van der Waals surface area contributed by atoms with Crippen LogP contribution in [0.2, 0.25) is 0 Å². The lowest BCUT2D eigenvalue weighted by Crippen LogP contribution is -2.13. The van der Waals surface area contributed by atoms with E-state index in [0.29, 0.717) is 17.1 Å². The Morgan fingerprint density at radius 1 is 0.542 bits per heavy atom. The normalized spacial score (nSPS) is 11.9. The average molecular weight is 625 g/mol. The van der Waals surface area contributed by atoms with E-state index in [2.05, 4.69) is 60.6 Å². The predicted octanol–water partition coefficient (Wildman–Crippen LogP) is 11.0. The minimum Gasteiger partial charge on any atom is -0.456 e. The third kappa shape index (κ3) is 4.08. The molecule has 0 fully saturated rings. The van der Waals surface area contributed by atoms with E-state index in [1.165, 1.54) is 5.56 Å². The van der Waals surface area contributed by atoms with Gasteiger partial charge in [-0.25, -0.2) is 9.31 Å². The van der Waals surface area contributed by atoms with Crippen LogP contribution in [0.3, 0.4) is 0 Å². The van der Waals surface area contributed by atoms with Crippen molar-refractivity contribution in [2.75, 3.05) is 0 Å². The van der Waals surface area contributed by atoms with E-state index in [-0.39, 0.29) is 0 Å². The van der Waals surface area contributed by atoms with Gasteiger partial charge in [0.25, 0.3) is 0 Å². The number of hydrogen-bond acceptors (Lipinski definition) is 6. The molecule has 0 amide bonds. The highest BCUT2D eigenvalue weighted by molar-refractivity contribution is 6.13. The van der Waals surface area contributed by atoms with E-state index >= 15 is 0 Å². The molecule has 48 heavy (non-hydrogen) atoms. The molecule has 6 aromatic carbocycles. The van der Waals surface area contributed by atoms with Crippen molar-refractivity contribution in [3.05, 3.63) is 133 Å². The number of hydrogen-bond donors (Lipinski definition) is 0. The first-order chi connectivity index (χ1) is 23.6. The molecule has 0 aliphatic carbocycles. The highest BCUT2D eigenvalue weighted by atomic mass is 16.7. The Morgan fingerprint density at radius 2 is 1.17 bits per heavy atom. The van der Waals surface area contributed by atoms with Crippen molar-refractivity contribution in [3.8, 4) is 22.6 Å². The number of furan rings is 2. The SMILES string of the molecule is Cc1ccc2oc3ccc(-c4ccc5oc6cc(OC(=O)Oc7ccc8c(c7)c7ccccc7c7ccnn78)ccc6c5c4)cc3c2c1. The van der Waals surface area contributed by atoms with Crippen molar-refractivity contribution in [3.63, 3.8) is 0 Å². The fraction of sp³-hybridized carbons (Fsp3) is 0.0244. The summed E-state index contributed by atoms with van der Waals surface area (Å²) in [5, 5.41) is 11.6. The summed E-state index contributed by atoms with van der Waals surface area (Å²) >= 11 is 0. The number of pyridine rings is 1. The topological polar surface area (TPSA) is 79.1 Å². The Balaban J connectivity index is 0.946. The van der Waals surface area contributed by atoms with E-state index in [9.17, 15) is 4.79 Å². The van der Waals surface area contributed by atoms with E-state index in [0.717, 1.165) is 76.6 Å². The third-order valence-electron chi connectivity index (χ3n) is 9.14. The maximum absolute atomic E-state index is 12.9. The fourth-order valence-electron chi connectivity index (χ4n) is 6.90. The van der Waals surface area contributed by atoms with Gasteiger partial charge in [-0.2, -0.15) is 5.10 Å². The Labute approximate surface area is 272 Å². The van der Waals surface area contributed by atoms with Crippen LogP contribution in [0.1, 0.15) is 5.56 Å². The van der Waals surface area contributed by atoms with Crippen molar-refractivity contribution < 1.29 is 23.1 Å². The van der Waals surface area contributed by atoms with Crippen LogP contribution in [0.5, 0.6) is 11.5 Å². The fourth-order valence-corrected chi connectivity index (χ4v) is 6.90.